The minimum atomic E-state index is -0.530. The first kappa shape index (κ1) is 19.5. The van der Waals surface area contributed by atoms with Crippen LogP contribution < -0.4 is 0 Å². The zero-order chi connectivity index (χ0) is 19.2. The van der Waals surface area contributed by atoms with Gasteiger partial charge in [0.1, 0.15) is 6.04 Å². The molecule has 0 amide bonds. The molecule has 1 heterocycles. The minimum Gasteiger partial charge on any atom is -0.468 e. The molecule has 0 radical (unpaired) electrons. The Morgan fingerprint density at radius 1 is 1.07 bits per heavy atom. The van der Waals surface area contributed by atoms with Crippen molar-refractivity contribution in [3.8, 4) is 0 Å². The van der Waals surface area contributed by atoms with E-state index in [2.05, 4.69) is 13.8 Å². The van der Waals surface area contributed by atoms with E-state index in [0.717, 1.165) is 11.1 Å². The number of hydrogen-bond acceptors (Lipinski definition) is 5. The molecule has 0 bridgehead atoms. The molecule has 0 aromatic heterocycles. The number of carbonyl (C=O) groups excluding carboxylic acids is 1. The van der Waals surface area contributed by atoms with Crippen molar-refractivity contribution in [3.05, 3.63) is 71.8 Å². The van der Waals surface area contributed by atoms with E-state index in [9.17, 15) is 4.79 Å². The number of hydroxylamine groups is 2. The quantitative estimate of drug-likeness (QED) is 0.692. The molecule has 5 heteroatoms. The second-order valence-corrected chi connectivity index (χ2v) is 7.12. The van der Waals surface area contributed by atoms with Crippen LogP contribution in [0.25, 0.3) is 0 Å². The monoisotopic (exact) mass is 369 g/mol. The van der Waals surface area contributed by atoms with Crippen LogP contribution in [0, 0.1) is 5.92 Å². The molecule has 0 N–H and O–H groups in total. The number of esters is 1. The molecular weight excluding hydrogens is 342 g/mol. The molecule has 1 aliphatic rings. The first-order valence-electron chi connectivity index (χ1n) is 9.34. The predicted octanol–water partition coefficient (Wildman–Crippen LogP) is 3.95. The fourth-order valence-electron chi connectivity index (χ4n) is 3.27. The average Bonchev–Trinajstić information content (AvgIpc) is 3.11. The molecule has 27 heavy (non-hydrogen) atoms. The summed E-state index contributed by atoms with van der Waals surface area (Å²) in [5.41, 5.74) is 2.09. The maximum atomic E-state index is 12.5. The Hall–Kier alpha value is -2.21. The highest BCUT2D eigenvalue weighted by molar-refractivity contribution is 5.76. The van der Waals surface area contributed by atoms with Gasteiger partial charge in [-0.1, -0.05) is 74.5 Å². The third kappa shape index (κ3) is 4.75. The normalized spacial score (nSPS) is 20.3. The molecule has 5 nitrogen and oxygen atoms in total. The summed E-state index contributed by atoms with van der Waals surface area (Å²) in [5.74, 6) is 0.0702. The van der Waals surface area contributed by atoms with E-state index in [1.165, 1.54) is 7.11 Å². The maximum Gasteiger partial charge on any atom is 0.325 e. The highest BCUT2D eigenvalue weighted by Crippen LogP contribution is 2.37. The van der Waals surface area contributed by atoms with Gasteiger partial charge in [0, 0.05) is 6.42 Å². The molecule has 2 atom stereocenters. The van der Waals surface area contributed by atoms with Gasteiger partial charge in [-0.05, 0) is 17.0 Å². The number of rotatable bonds is 7. The van der Waals surface area contributed by atoms with Crippen molar-refractivity contribution in [2.75, 3.05) is 13.7 Å². The summed E-state index contributed by atoms with van der Waals surface area (Å²) in [4.78, 5) is 18.6. The third-order valence-corrected chi connectivity index (χ3v) is 4.54. The van der Waals surface area contributed by atoms with Crippen LogP contribution in [0.3, 0.4) is 0 Å². The van der Waals surface area contributed by atoms with Crippen LogP contribution >= 0.6 is 0 Å². The van der Waals surface area contributed by atoms with Gasteiger partial charge in [0.25, 0.3) is 0 Å². The Balaban J connectivity index is 1.94. The Labute approximate surface area is 160 Å². The fraction of sp³-hybridized carbons (Fsp3) is 0.409. The first-order chi connectivity index (χ1) is 13.1. The van der Waals surface area contributed by atoms with E-state index in [-0.39, 0.29) is 12.0 Å². The summed E-state index contributed by atoms with van der Waals surface area (Å²) < 4.78 is 10.9. The Kier molecular flexibility index (Phi) is 6.61. The molecule has 2 aromatic rings. The van der Waals surface area contributed by atoms with Crippen molar-refractivity contribution >= 4 is 5.97 Å². The Bertz CT molecular complexity index is 680. The van der Waals surface area contributed by atoms with Crippen LogP contribution in [0.4, 0.5) is 0 Å². The van der Waals surface area contributed by atoms with Crippen molar-refractivity contribution in [1.29, 1.82) is 0 Å². The Morgan fingerprint density at radius 2 is 1.63 bits per heavy atom. The third-order valence-electron chi connectivity index (χ3n) is 4.54. The summed E-state index contributed by atoms with van der Waals surface area (Å²) in [6.07, 6.45) is -0.0262. The number of nitrogens with zero attached hydrogens (tertiary/aromatic N) is 1. The standard InChI is InChI=1S/C22H27NO4/c1-16(2)15-26-20-14-19(22(24)25-3)23(27-20)21(17-10-6-4-7-11-17)18-12-8-5-9-13-18/h4-13,16,19-21H,14-15H2,1-3H3/t19-,20-/m0/s1. The summed E-state index contributed by atoms with van der Waals surface area (Å²) in [7, 11) is 1.41. The van der Waals surface area contributed by atoms with Gasteiger partial charge in [0.15, 0.2) is 6.29 Å². The second kappa shape index (κ2) is 9.13. The van der Waals surface area contributed by atoms with Crippen molar-refractivity contribution in [1.82, 2.24) is 5.06 Å². The van der Waals surface area contributed by atoms with Gasteiger partial charge in [-0.3, -0.25) is 9.63 Å². The van der Waals surface area contributed by atoms with Gasteiger partial charge < -0.3 is 9.47 Å². The van der Waals surface area contributed by atoms with E-state index in [4.69, 9.17) is 14.3 Å². The van der Waals surface area contributed by atoms with E-state index in [1.54, 1.807) is 5.06 Å². The summed E-state index contributed by atoms with van der Waals surface area (Å²) in [5, 5.41) is 1.74. The van der Waals surface area contributed by atoms with Crippen molar-refractivity contribution in [2.24, 2.45) is 5.92 Å². The van der Waals surface area contributed by atoms with Crippen LogP contribution in [0.1, 0.15) is 37.4 Å². The van der Waals surface area contributed by atoms with Crippen LogP contribution in [-0.2, 0) is 19.1 Å². The topological polar surface area (TPSA) is 48.0 Å². The molecule has 1 fully saturated rings. The zero-order valence-electron chi connectivity index (χ0n) is 16.1. The van der Waals surface area contributed by atoms with Gasteiger partial charge in [-0.25, -0.2) is 0 Å². The van der Waals surface area contributed by atoms with E-state index < -0.39 is 12.3 Å². The maximum absolute atomic E-state index is 12.5. The minimum absolute atomic E-state index is 0.232. The van der Waals surface area contributed by atoms with Crippen molar-refractivity contribution in [3.63, 3.8) is 0 Å². The smallest absolute Gasteiger partial charge is 0.325 e. The first-order valence-corrected chi connectivity index (χ1v) is 9.34. The molecule has 0 saturated carbocycles. The van der Waals surface area contributed by atoms with Gasteiger partial charge in [0.2, 0.25) is 0 Å². The molecule has 144 valence electrons. The lowest BCUT2D eigenvalue weighted by Crippen LogP contribution is -2.39. The van der Waals surface area contributed by atoms with Crippen molar-refractivity contribution < 1.29 is 19.1 Å². The predicted molar refractivity (Wildman–Crippen MR) is 103 cm³/mol. The number of benzene rings is 2. The van der Waals surface area contributed by atoms with Gasteiger partial charge in [-0.15, -0.1) is 0 Å². The molecule has 0 spiro atoms. The van der Waals surface area contributed by atoms with Gasteiger partial charge in [0.05, 0.1) is 19.8 Å². The van der Waals surface area contributed by atoms with Crippen LogP contribution in [0.2, 0.25) is 0 Å². The second-order valence-electron chi connectivity index (χ2n) is 7.12. The molecular formula is C22H27NO4. The SMILES string of the molecule is COC(=O)[C@@H]1C[C@@H](OCC(C)C)ON1C(c1ccccc1)c1ccccc1. The van der Waals surface area contributed by atoms with Gasteiger partial charge >= 0.3 is 5.97 Å². The zero-order valence-corrected chi connectivity index (χ0v) is 16.1. The number of carbonyl (C=O) groups is 1. The molecule has 3 rings (SSSR count). The highest BCUT2D eigenvalue weighted by atomic mass is 16.8. The van der Waals surface area contributed by atoms with Crippen LogP contribution in [-0.4, -0.2) is 37.1 Å². The fourth-order valence-corrected chi connectivity index (χ4v) is 3.27. The van der Waals surface area contributed by atoms with E-state index in [1.807, 2.05) is 60.7 Å². The van der Waals surface area contributed by atoms with E-state index >= 15 is 0 Å². The summed E-state index contributed by atoms with van der Waals surface area (Å²) >= 11 is 0. The number of methoxy groups -OCH3 is 1. The molecule has 1 aliphatic heterocycles. The lowest BCUT2D eigenvalue weighted by molar-refractivity contribution is -0.254. The summed E-state index contributed by atoms with van der Waals surface area (Å²) in [6.45, 7) is 4.75. The summed E-state index contributed by atoms with van der Waals surface area (Å²) in [6, 6.07) is 19.3. The number of ether oxygens (including phenoxy) is 2. The van der Waals surface area contributed by atoms with E-state index in [0.29, 0.717) is 18.9 Å². The number of hydrogen-bond donors (Lipinski definition) is 0. The molecule has 0 aliphatic carbocycles. The Morgan fingerprint density at radius 3 is 2.11 bits per heavy atom. The molecule has 0 unspecified atom stereocenters. The molecule has 2 aromatic carbocycles. The van der Waals surface area contributed by atoms with Crippen LogP contribution in [0.5, 0.6) is 0 Å². The average molecular weight is 369 g/mol. The van der Waals surface area contributed by atoms with Gasteiger partial charge in [-0.2, -0.15) is 5.06 Å². The molecule has 1 saturated heterocycles. The lowest BCUT2D eigenvalue weighted by Gasteiger charge is -2.30. The lowest BCUT2D eigenvalue weighted by atomic mass is 9.97. The van der Waals surface area contributed by atoms with Crippen LogP contribution in [0.15, 0.2) is 60.7 Å². The largest absolute Gasteiger partial charge is 0.468 e. The van der Waals surface area contributed by atoms with Crippen molar-refractivity contribution in [2.45, 2.75) is 38.6 Å². The highest BCUT2D eigenvalue weighted by Gasteiger charge is 2.44.